The number of methoxy groups -OCH3 is 1. The number of carbonyl (C=O) groups excluding carboxylic acids is 1. The van der Waals surface area contributed by atoms with Crippen molar-refractivity contribution < 1.29 is 19.0 Å². The summed E-state index contributed by atoms with van der Waals surface area (Å²) in [7, 11) is 1.64. The Hall–Kier alpha value is -0.610. The fourth-order valence-corrected chi connectivity index (χ4v) is 2.01. The van der Waals surface area contributed by atoms with E-state index in [0.717, 1.165) is 25.2 Å². The van der Waals surface area contributed by atoms with Gasteiger partial charge < -0.3 is 14.2 Å². The monoisotopic (exact) mass is 302 g/mol. The van der Waals surface area contributed by atoms with Gasteiger partial charge in [-0.3, -0.25) is 4.79 Å². The van der Waals surface area contributed by atoms with Crippen molar-refractivity contribution in [3.63, 3.8) is 0 Å². The molecule has 0 spiro atoms. The van der Waals surface area contributed by atoms with Gasteiger partial charge in [0.25, 0.3) is 0 Å². The van der Waals surface area contributed by atoms with Crippen LogP contribution in [0.2, 0.25) is 0 Å². The molecule has 0 bridgehead atoms. The fourth-order valence-electron chi connectivity index (χ4n) is 2.01. The van der Waals surface area contributed by atoms with E-state index < -0.39 is 0 Å². The van der Waals surface area contributed by atoms with E-state index in [1.807, 2.05) is 0 Å². The molecule has 0 saturated heterocycles. The molecule has 0 aliphatic carbocycles. The maximum Gasteiger partial charge on any atom is 0.305 e. The van der Waals surface area contributed by atoms with E-state index >= 15 is 0 Å². The van der Waals surface area contributed by atoms with E-state index in [9.17, 15) is 4.79 Å². The van der Waals surface area contributed by atoms with Gasteiger partial charge in [-0.25, -0.2) is 0 Å². The number of carbonyl (C=O) groups is 1. The van der Waals surface area contributed by atoms with E-state index in [0.29, 0.717) is 32.8 Å². The van der Waals surface area contributed by atoms with Crippen LogP contribution >= 0.6 is 0 Å². The number of ether oxygens (including phenoxy) is 3. The lowest BCUT2D eigenvalue weighted by Crippen LogP contribution is -2.08. The molecule has 0 unspecified atom stereocenters. The smallest absolute Gasteiger partial charge is 0.305 e. The molecular formula is C17H34O4. The molecule has 0 N–H and O–H groups in total. The fraction of sp³-hybridized carbons (Fsp3) is 0.941. The summed E-state index contributed by atoms with van der Waals surface area (Å²) in [6, 6.07) is 0. The predicted octanol–water partition coefficient (Wildman–Crippen LogP) is 3.97. The van der Waals surface area contributed by atoms with E-state index in [1.165, 1.54) is 25.7 Å². The van der Waals surface area contributed by atoms with Crippen molar-refractivity contribution in [3.05, 3.63) is 0 Å². The Bertz CT molecular complexity index is 229. The first kappa shape index (κ1) is 20.4. The Morgan fingerprint density at radius 3 is 2.29 bits per heavy atom. The van der Waals surface area contributed by atoms with Crippen molar-refractivity contribution in [2.45, 2.75) is 65.2 Å². The lowest BCUT2D eigenvalue weighted by atomic mass is 10.0. The van der Waals surface area contributed by atoms with Crippen LogP contribution in [0.5, 0.6) is 0 Å². The molecule has 0 aliphatic rings. The minimum absolute atomic E-state index is 0.106. The minimum Gasteiger partial charge on any atom is -0.466 e. The zero-order valence-corrected chi connectivity index (χ0v) is 14.2. The van der Waals surface area contributed by atoms with Crippen LogP contribution in [0.1, 0.15) is 65.2 Å². The molecule has 4 nitrogen and oxygen atoms in total. The third-order valence-corrected chi connectivity index (χ3v) is 3.29. The minimum atomic E-state index is -0.106. The highest BCUT2D eigenvalue weighted by molar-refractivity contribution is 5.69. The van der Waals surface area contributed by atoms with E-state index in [-0.39, 0.29) is 5.97 Å². The van der Waals surface area contributed by atoms with Crippen LogP contribution in [0.3, 0.4) is 0 Å². The molecule has 0 rings (SSSR count). The number of unbranched alkanes of at least 4 members (excludes halogenated alkanes) is 4. The van der Waals surface area contributed by atoms with Gasteiger partial charge in [-0.2, -0.15) is 0 Å². The Labute approximate surface area is 130 Å². The van der Waals surface area contributed by atoms with Gasteiger partial charge in [0.05, 0.1) is 19.8 Å². The van der Waals surface area contributed by atoms with Gasteiger partial charge in [-0.1, -0.05) is 46.0 Å². The summed E-state index contributed by atoms with van der Waals surface area (Å²) in [4.78, 5) is 11.4. The number of hydrogen-bond donors (Lipinski definition) is 0. The number of esters is 1. The summed E-state index contributed by atoms with van der Waals surface area (Å²) in [6.07, 6.45) is 8.49. The maximum atomic E-state index is 11.4. The summed E-state index contributed by atoms with van der Waals surface area (Å²) >= 11 is 0. The van der Waals surface area contributed by atoms with Gasteiger partial charge in [-0.05, 0) is 18.8 Å². The van der Waals surface area contributed by atoms with Crippen LogP contribution in [0.15, 0.2) is 0 Å². The van der Waals surface area contributed by atoms with Crippen molar-refractivity contribution >= 4 is 5.97 Å². The molecule has 0 amide bonds. The molecule has 0 atom stereocenters. The average molecular weight is 302 g/mol. The zero-order chi connectivity index (χ0) is 15.8. The van der Waals surface area contributed by atoms with E-state index in [1.54, 1.807) is 7.11 Å². The highest BCUT2D eigenvalue weighted by Gasteiger charge is 2.02. The molecule has 4 heteroatoms. The quantitative estimate of drug-likeness (QED) is 0.339. The largest absolute Gasteiger partial charge is 0.466 e. The Morgan fingerprint density at radius 2 is 1.57 bits per heavy atom. The Balaban J connectivity index is 3.16. The Morgan fingerprint density at radius 1 is 0.857 bits per heavy atom. The normalized spacial score (nSPS) is 11.0. The second-order valence-electron chi connectivity index (χ2n) is 5.88. The number of rotatable bonds is 15. The third kappa shape index (κ3) is 17.3. The molecular weight excluding hydrogens is 268 g/mol. The second-order valence-corrected chi connectivity index (χ2v) is 5.88. The molecule has 0 aromatic rings. The SMILES string of the molecule is COCCOCCCC(=O)OCCCCCCCC(C)C. The van der Waals surface area contributed by atoms with Crippen molar-refractivity contribution in [2.75, 3.05) is 33.5 Å². The lowest BCUT2D eigenvalue weighted by molar-refractivity contribution is -0.144. The third-order valence-electron chi connectivity index (χ3n) is 3.29. The van der Waals surface area contributed by atoms with Crippen molar-refractivity contribution in [3.8, 4) is 0 Å². The van der Waals surface area contributed by atoms with Gasteiger partial charge in [-0.15, -0.1) is 0 Å². The molecule has 0 aliphatic heterocycles. The molecule has 0 heterocycles. The van der Waals surface area contributed by atoms with Crippen LogP contribution in [-0.2, 0) is 19.0 Å². The molecule has 0 aromatic heterocycles. The summed E-state index contributed by atoms with van der Waals surface area (Å²) in [6.45, 7) is 6.87. The average Bonchev–Trinajstić information content (AvgIpc) is 2.45. The van der Waals surface area contributed by atoms with Crippen LogP contribution in [0.4, 0.5) is 0 Å². The Kier molecular flexibility index (Phi) is 15.3. The van der Waals surface area contributed by atoms with Gasteiger partial charge >= 0.3 is 5.97 Å². The van der Waals surface area contributed by atoms with Gasteiger partial charge in [0.15, 0.2) is 0 Å². The molecule has 0 radical (unpaired) electrons. The van der Waals surface area contributed by atoms with E-state index in [4.69, 9.17) is 14.2 Å². The summed E-state index contributed by atoms with van der Waals surface area (Å²) in [5.74, 6) is 0.703. The summed E-state index contributed by atoms with van der Waals surface area (Å²) in [5, 5.41) is 0. The highest BCUT2D eigenvalue weighted by Crippen LogP contribution is 2.10. The predicted molar refractivity (Wildman–Crippen MR) is 85.4 cm³/mol. The van der Waals surface area contributed by atoms with E-state index in [2.05, 4.69) is 13.8 Å². The number of hydrogen-bond acceptors (Lipinski definition) is 4. The van der Waals surface area contributed by atoms with Crippen LogP contribution in [0, 0.1) is 5.92 Å². The summed E-state index contributed by atoms with van der Waals surface area (Å²) < 4.78 is 15.3. The molecule has 126 valence electrons. The lowest BCUT2D eigenvalue weighted by Gasteiger charge is -2.06. The van der Waals surface area contributed by atoms with Crippen molar-refractivity contribution in [2.24, 2.45) is 5.92 Å². The highest BCUT2D eigenvalue weighted by atomic mass is 16.5. The first-order valence-electron chi connectivity index (χ1n) is 8.39. The maximum absolute atomic E-state index is 11.4. The molecule has 0 saturated carbocycles. The zero-order valence-electron chi connectivity index (χ0n) is 14.2. The van der Waals surface area contributed by atoms with Crippen LogP contribution in [0.25, 0.3) is 0 Å². The standard InChI is InChI=1S/C17H34O4/c1-16(2)10-7-5-4-6-8-13-21-17(18)11-9-12-20-15-14-19-3/h16H,4-15H2,1-3H3. The van der Waals surface area contributed by atoms with Gasteiger partial charge in [0.1, 0.15) is 0 Å². The second kappa shape index (κ2) is 15.8. The van der Waals surface area contributed by atoms with Gasteiger partial charge in [0, 0.05) is 20.1 Å². The molecule has 0 fully saturated rings. The summed E-state index contributed by atoms with van der Waals surface area (Å²) in [5.41, 5.74) is 0. The van der Waals surface area contributed by atoms with Crippen LogP contribution in [-0.4, -0.2) is 39.5 Å². The first-order chi connectivity index (χ1) is 10.2. The first-order valence-corrected chi connectivity index (χ1v) is 8.39. The van der Waals surface area contributed by atoms with Crippen LogP contribution < -0.4 is 0 Å². The molecule has 21 heavy (non-hydrogen) atoms. The van der Waals surface area contributed by atoms with Crippen molar-refractivity contribution in [1.82, 2.24) is 0 Å². The topological polar surface area (TPSA) is 44.8 Å². The van der Waals surface area contributed by atoms with Gasteiger partial charge in [0.2, 0.25) is 0 Å². The van der Waals surface area contributed by atoms with Crippen molar-refractivity contribution in [1.29, 1.82) is 0 Å². The molecule has 0 aromatic carbocycles.